The lowest BCUT2D eigenvalue weighted by atomic mass is 9.57. The Morgan fingerprint density at radius 3 is 2.16 bits per heavy atom. The molecule has 1 aliphatic carbocycles. The molecule has 0 bridgehead atoms. The quantitative estimate of drug-likeness (QED) is 0.825. The van der Waals surface area contributed by atoms with Gasteiger partial charge in [-0.2, -0.15) is 0 Å². The van der Waals surface area contributed by atoms with Gasteiger partial charge in [-0.15, -0.1) is 0 Å². The molecule has 2 rings (SSSR count). The van der Waals surface area contributed by atoms with Gasteiger partial charge in [0.05, 0.1) is 0 Å². The predicted molar refractivity (Wildman–Crippen MR) is 83.5 cm³/mol. The van der Waals surface area contributed by atoms with Gasteiger partial charge in [-0.05, 0) is 54.2 Å². The molecule has 1 nitrogen and oxygen atoms in total. The third-order valence-corrected chi connectivity index (χ3v) is 4.30. The Balaban J connectivity index is 2.22. The van der Waals surface area contributed by atoms with Gasteiger partial charge in [-0.25, -0.2) is 0 Å². The number of hydrogen-bond donors (Lipinski definition) is 1. The fourth-order valence-corrected chi connectivity index (χ4v) is 4.78. The number of rotatable bonds is 2. The van der Waals surface area contributed by atoms with Crippen LogP contribution in [0.25, 0.3) is 0 Å². The second-order valence-corrected chi connectivity index (χ2v) is 8.46. The van der Waals surface area contributed by atoms with Crippen molar-refractivity contribution in [3.05, 3.63) is 34.9 Å². The van der Waals surface area contributed by atoms with Crippen LogP contribution in [0.2, 0.25) is 5.02 Å². The van der Waals surface area contributed by atoms with Crippen LogP contribution in [-0.2, 0) is 6.42 Å². The summed E-state index contributed by atoms with van der Waals surface area (Å²) in [5.41, 5.74) is 8.52. The summed E-state index contributed by atoms with van der Waals surface area (Å²) in [7, 11) is 0. The molecule has 0 unspecified atom stereocenters. The standard InChI is InChI=1S/C17H26ClN/c1-15(2)10-16(3,4)12-17(19,11-15)9-13-6-5-7-14(18)8-13/h5-8H,9-12,19H2,1-4H3. The fourth-order valence-electron chi connectivity index (χ4n) is 4.57. The maximum Gasteiger partial charge on any atom is 0.0408 e. The molecule has 2 N–H and O–H groups in total. The summed E-state index contributed by atoms with van der Waals surface area (Å²) in [5.74, 6) is 0. The van der Waals surface area contributed by atoms with Crippen molar-refractivity contribution in [1.29, 1.82) is 0 Å². The Morgan fingerprint density at radius 1 is 1.05 bits per heavy atom. The van der Waals surface area contributed by atoms with Crippen LogP contribution in [0, 0.1) is 10.8 Å². The van der Waals surface area contributed by atoms with E-state index >= 15 is 0 Å². The van der Waals surface area contributed by atoms with Crippen molar-refractivity contribution >= 4 is 11.6 Å². The third kappa shape index (κ3) is 3.97. The van der Waals surface area contributed by atoms with Crippen LogP contribution in [0.4, 0.5) is 0 Å². The summed E-state index contributed by atoms with van der Waals surface area (Å²) in [6, 6.07) is 8.11. The Bertz CT molecular complexity index is 446. The molecule has 0 amide bonds. The van der Waals surface area contributed by atoms with E-state index in [-0.39, 0.29) is 5.54 Å². The van der Waals surface area contributed by atoms with Crippen LogP contribution >= 0.6 is 11.6 Å². The van der Waals surface area contributed by atoms with Crippen LogP contribution < -0.4 is 5.73 Å². The number of hydrogen-bond acceptors (Lipinski definition) is 1. The van der Waals surface area contributed by atoms with Crippen molar-refractivity contribution in [2.45, 2.75) is 58.9 Å². The van der Waals surface area contributed by atoms with Gasteiger partial charge in [-0.3, -0.25) is 0 Å². The summed E-state index contributed by atoms with van der Waals surface area (Å²) < 4.78 is 0. The lowest BCUT2D eigenvalue weighted by Gasteiger charge is -2.50. The Kier molecular flexibility index (Phi) is 3.75. The molecule has 1 aromatic carbocycles. The normalized spacial score (nSPS) is 24.1. The zero-order chi connectivity index (χ0) is 14.3. The first-order chi connectivity index (χ1) is 8.59. The number of halogens is 1. The van der Waals surface area contributed by atoms with Crippen LogP contribution in [0.15, 0.2) is 24.3 Å². The molecule has 0 saturated heterocycles. The van der Waals surface area contributed by atoms with Gasteiger partial charge < -0.3 is 5.73 Å². The summed E-state index contributed by atoms with van der Waals surface area (Å²) >= 11 is 6.08. The van der Waals surface area contributed by atoms with Gasteiger partial charge in [-0.1, -0.05) is 51.4 Å². The van der Waals surface area contributed by atoms with E-state index in [2.05, 4.69) is 33.8 Å². The maximum absolute atomic E-state index is 6.75. The van der Waals surface area contributed by atoms with Gasteiger partial charge in [0.1, 0.15) is 0 Å². The molecule has 1 fully saturated rings. The van der Waals surface area contributed by atoms with E-state index < -0.39 is 0 Å². The highest BCUT2D eigenvalue weighted by Crippen LogP contribution is 2.50. The molecule has 0 atom stereocenters. The zero-order valence-corrected chi connectivity index (χ0v) is 13.3. The molecular weight excluding hydrogens is 254 g/mol. The van der Waals surface area contributed by atoms with Crippen molar-refractivity contribution in [2.75, 3.05) is 0 Å². The van der Waals surface area contributed by atoms with Gasteiger partial charge in [0.15, 0.2) is 0 Å². The molecule has 19 heavy (non-hydrogen) atoms. The minimum Gasteiger partial charge on any atom is -0.325 e. The lowest BCUT2D eigenvalue weighted by Crippen LogP contribution is -2.53. The Hall–Kier alpha value is -0.530. The van der Waals surface area contributed by atoms with Crippen LogP contribution in [0.1, 0.15) is 52.5 Å². The Labute approximate surface area is 122 Å². The number of nitrogens with two attached hydrogens (primary N) is 1. The second-order valence-electron chi connectivity index (χ2n) is 8.03. The molecule has 0 aliphatic heterocycles. The monoisotopic (exact) mass is 279 g/mol. The van der Waals surface area contributed by atoms with Crippen LogP contribution in [0.5, 0.6) is 0 Å². The highest BCUT2D eigenvalue weighted by Gasteiger charge is 2.45. The van der Waals surface area contributed by atoms with Crippen molar-refractivity contribution in [2.24, 2.45) is 16.6 Å². The molecule has 0 heterocycles. The van der Waals surface area contributed by atoms with E-state index in [9.17, 15) is 0 Å². The molecule has 1 aliphatic rings. The van der Waals surface area contributed by atoms with Crippen molar-refractivity contribution < 1.29 is 0 Å². The lowest BCUT2D eigenvalue weighted by molar-refractivity contribution is 0.0487. The highest BCUT2D eigenvalue weighted by atomic mass is 35.5. The highest BCUT2D eigenvalue weighted by molar-refractivity contribution is 6.30. The van der Waals surface area contributed by atoms with Crippen molar-refractivity contribution in [3.63, 3.8) is 0 Å². The fraction of sp³-hybridized carbons (Fsp3) is 0.647. The smallest absolute Gasteiger partial charge is 0.0408 e. The molecule has 1 saturated carbocycles. The average molecular weight is 280 g/mol. The largest absolute Gasteiger partial charge is 0.325 e. The molecule has 1 aromatic rings. The van der Waals surface area contributed by atoms with E-state index in [0.717, 1.165) is 24.3 Å². The third-order valence-electron chi connectivity index (χ3n) is 4.06. The predicted octanol–water partition coefficient (Wildman–Crippen LogP) is 4.82. The van der Waals surface area contributed by atoms with E-state index in [0.29, 0.717) is 10.8 Å². The minimum atomic E-state index is -0.115. The van der Waals surface area contributed by atoms with Gasteiger partial charge in [0.2, 0.25) is 0 Å². The average Bonchev–Trinajstić information content (AvgIpc) is 2.09. The van der Waals surface area contributed by atoms with Gasteiger partial charge >= 0.3 is 0 Å². The zero-order valence-electron chi connectivity index (χ0n) is 12.6. The Morgan fingerprint density at radius 2 is 1.63 bits per heavy atom. The first-order valence-electron chi connectivity index (χ1n) is 7.13. The van der Waals surface area contributed by atoms with E-state index in [1.165, 1.54) is 12.0 Å². The minimum absolute atomic E-state index is 0.115. The van der Waals surface area contributed by atoms with Gasteiger partial charge in [0.25, 0.3) is 0 Å². The molecule has 0 aromatic heterocycles. The van der Waals surface area contributed by atoms with Crippen molar-refractivity contribution in [3.8, 4) is 0 Å². The summed E-state index contributed by atoms with van der Waals surface area (Å²) in [6.45, 7) is 9.36. The molecule has 0 spiro atoms. The molecular formula is C17H26ClN. The molecule has 106 valence electrons. The van der Waals surface area contributed by atoms with Gasteiger partial charge in [0, 0.05) is 10.6 Å². The first-order valence-corrected chi connectivity index (χ1v) is 7.51. The molecule has 0 radical (unpaired) electrons. The first kappa shape index (κ1) is 14.9. The summed E-state index contributed by atoms with van der Waals surface area (Å²) in [4.78, 5) is 0. The molecule has 2 heteroatoms. The summed E-state index contributed by atoms with van der Waals surface area (Å²) in [5, 5.41) is 0.801. The topological polar surface area (TPSA) is 26.0 Å². The second kappa shape index (κ2) is 4.79. The van der Waals surface area contributed by atoms with Crippen LogP contribution in [-0.4, -0.2) is 5.54 Å². The maximum atomic E-state index is 6.75. The number of benzene rings is 1. The SMILES string of the molecule is CC1(C)CC(C)(C)CC(N)(Cc2cccc(Cl)c2)C1. The van der Waals surface area contributed by atoms with E-state index in [1.54, 1.807) is 0 Å². The van der Waals surface area contributed by atoms with Crippen molar-refractivity contribution in [1.82, 2.24) is 0 Å². The van der Waals surface area contributed by atoms with E-state index in [4.69, 9.17) is 17.3 Å². The van der Waals surface area contributed by atoms with Crippen LogP contribution in [0.3, 0.4) is 0 Å². The summed E-state index contributed by atoms with van der Waals surface area (Å²) in [6.07, 6.45) is 4.32. The van der Waals surface area contributed by atoms with E-state index in [1.807, 2.05) is 18.2 Å².